The Hall–Kier alpha value is 0.764. The molecule has 0 saturated carbocycles. The van der Waals surface area contributed by atoms with E-state index in [-0.39, 0.29) is 48.5 Å². The summed E-state index contributed by atoms with van der Waals surface area (Å²) in [6, 6.07) is 0. The van der Waals surface area contributed by atoms with E-state index in [1.165, 1.54) is 0 Å². The minimum Gasteiger partial charge on any atom is -0.415 e. The average molecular weight is 697 g/mol. The predicted octanol–water partition coefficient (Wildman–Crippen LogP) is 7.87. The molecule has 0 aromatic rings. The first-order valence-corrected chi connectivity index (χ1v) is 33.6. The summed E-state index contributed by atoms with van der Waals surface area (Å²) in [5, 5.41) is 0. The lowest BCUT2D eigenvalue weighted by atomic mass is 9.90. The van der Waals surface area contributed by atoms with E-state index >= 15 is 0 Å². The molecule has 0 aromatic heterocycles. The van der Waals surface area contributed by atoms with Gasteiger partial charge in [0.1, 0.15) is 6.10 Å². The summed E-state index contributed by atoms with van der Waals surface area (Å²) in [6.45, 7) is 40.4. The maximum absolute atomic E-state index is 6.95. The molecule has 2 aliphatic rings. The largest absolute Gasteiger partial charge is 0.415 e. The number of hydrogen-bond donors (Lipinski definition) is 0. The topological polar surface area (TPSA) is 73.8 Å². The fraction of sp³-hybridized carbons (Fsp3) is 1.00. The Bertz CT molecular complexity index is 861. The van der Waals surface area contributed by atoms with Gasteiger partial charge < -0.3 is 36.3 Å². The smallest absolute Gasteiger partial charge is 0.188 e. The van der Waals surface area contributed by atoms with Gasteiger partial charge in [0.2, 0.25) is 0 Å². The van der Waals surface area contributed by atoms with Gasteiger partial charge >= 0.3 is 0 Å². The summed E-state index contributed by atoms with van der Waals surface area (Å²) in [4.78, 5) is 0. The van der Waals surface area contributed by atoms with Gasteiger partial charge in [-0.25, -0.2) is 0 Å². The van der Waals surface area contributed by atoms with Crippen LogP contribution in [-0.2, 0) is 36.3 Å². The first-order chi connectivity index (χ1) is 19.2. The highest BCUT2D eigenvalue weighted by atomic mass is 28.4. The molecule has 0 aliphatic carbocycles. The first-order valence-electron chi connectivity index (χ1n) is 16.5. The van der Waals surface area contributed by atoms with E-state index in [0.29, 0.717) is 6.61 Å². The van der Waals surface area contributed by atoms with E-state index in [9.17, 15) is 0 Å². The summed E-state index contributed by atoms with van der Waals surface area (Å²) in [6.07, 6.45) is -1.55. The molecule has 10 atom stereocenters. The van der Waals surface area contributed by atoms with Crippen LogP contribution in [0.1, 0.15) is 27.2 Å². The molecule has 8 nitrogen and oxygen atoms in total. The third kappa shape index (κ3) is 13.4. The van der Waals surface area contributed by atoms with Crippen LogP contribution in [0.3, 0.4) is 0 Å². The fourth-order valence-electron chi connectivity index (χ4n) is 5.58. The van der Waals surface area contributed by atoms with Crippen LogP contribution in [-0.4, -0.2) is 97.4 Å². The molecule has 0 aromatic carbocycles. The van der Waals surface area contributed by atoms with Gasteiger partial charge in [-0.1, -0.05) is 20.8 Å². The Balaban J connectivity index is 2.52. The van der Waals surface area contributed by atoms with Crippen molar-refractivity contribution in [3.8, 4) is 0 Å². The molecule has 2 rings (SSSR count). The third-order valence-electron chi connectivity index (χ3n) is 7.26. The van der Waals surface area contributed by atoms with Gasteiger partial charge in [0.05, 0.1) is 37.1 Å². The highest BCUT2D eigenvalue weighted by Crippen LogP contribution is 2.40. The molecule has 2 heterocycles. The summed E-state index contributed by atoms with van der Waals surface area (Å²) in [7, 11) is -9.51. The normalized spacial score (nSPS) is 35.3. The van der Waals surface area contributed by atoms with Crippen LogP contribution < -0.4 is 0 Å². The van der Waals surface area contributed by atoms with Crippen LogP contribution in [0.4, 0.5) is 0 Å². The number of rotatable bonds is 14. The molecule has 0 spiro atoms. The Morgan fingerprint density at radius 3 is 1.28 bits per heavy atom. The van der Waals surface area contributed by atoms with Crippen molar-refractivity contribution < 1.29 is 36.3 Å². The SMILES string of the molecule is CCC1O[C@H](O[C@H]2OC(CO[Si](C)(C)C)[C@@H](C)[C@H](O[Si](C)(C)C)C2O[Si](C)(C)C)C(C)C(O[Si](C)(C)C)[C@@H]1O[Si](C)(C)C. The van der Waals surface area contributed by atoms with E-state index in [0.717, 1.165) is 6.42 Å². The fourth-order valence-corrected chi connectivity index (χ4v) is 10.7. The lowest BCUT2D eigenvalue weighted by Crippen LogP contribution is -2.64. The van der Waals surface area contributed by atoms with Crippen LogP contribution in [0.2, 0.25) is 98.2 Å². The molecule has 13 heteroatoms. The molecule has 43 heavy (non-hydrogen) atoms. The third-order valence-corrected chi connectivity index (χ3v) is 12.2. The zero-order valence-electron chi connectivity index (χ0n) is 31.0. The van der Waals surface area contributed by atoms with Gasteiger partial charge in [-0.05, 0) is 105 Å². The predicted molar refractivity (Wildman–Crippen MR) is 189 cm³/mol. The molecule has 0 N–H and O–H groups in total. The van der Waals surface area contributed by atoms with Crippen molar-refractivity contribution in [2.45, 2.75) is 175 Å². The second-order valence-electron chi connectivity index (χ2n) is 17.6. The molecule has 2 saturated heterocycles. The van der Waals surface area contributed by atoms with E-state index in [1.807, 2.05) is 0 Å². The molecule has 5 unspecified atom stereocenters. The summed E-state index contributed by atoms with van der Waals surface area (Å²) in [5.74, 6) is 0.00857. The highest BCUT2D eigenvalue weighted by molar-refractivity contribution is 6.71. The summed E-state index contributed by atoms with van der Waals surface area (Å²) >= 11 is 0. The highest BCUT2D eigenvalue weighted by Gasteiger charge is 2.53. The second kappa shape index (κ2) is 14.9. The Morgan fingerprint density at radius 2 is 0.860 bits per heavy atom. The average Bonchev–Trinajstić information content (AvgIpc) is 2.77. The van der Waals surface area contributed by atoms with Crippen LogP contribution in [0.15, 0.2) is 0 Å². The van der Waals surface area contributed by atoms with Gasteiger partial charge in [0, 0.05) is 11.8 Å². The van der Waals surface area contributed by atoms with Gasteiger partial charge in [0.15, 0.2) is 54.2 Å². The van der Waals surface area contributed by atoms with Crippen molar-refractivity contribution in [1.82, 2.24) is 0 Å². The molecule has 2 fully saturated rings. The van der Waals surface area contributed by atoms with Crippen LogP contribution in [0, 0.1) is 11.8 Å². The van der Waals surface area contributed by atoms with Crippen molar-refractivity contribution in [3.63, 3.8) is 0 Å². The van der Waals surface area contributed by atoms with Gasteiger partial charge in [-0.3, -0.25) is 0 Å². The second-order valence-corrected chi connectivity index (χ2v) is 39.9. The molecule has 0 amide bonds. The molecule has 0 radical (unpaired) electrons. The Morgan fingerprint density at radius 1 is 0.465 bits per heavy atom. The molecular weight excluding hydrogens is 629 g/mol. The van der Waals surface area contributed by atoms with Gasteiger partial charge in [0.25, 0.3) is 0 Å². The molecular formula is C30H68O8Si5. The van der Waals surface area contributed by atoms with Gasteiger partial charge in [-0.15, -0.1) is 0 Å². The van der Waals surface area contributed by atoms with Crippen molar-refractivity contribution >= 4 is 41.6 Å². The quantitative estimate of drug-likeness (QED) is 0.170. The molecule has 0 bridgehead atoms. The maximum atomic E-state index is 6.95. The van der Waals surface area contributed by atoms with Crippen LogP contribution in [0.5, 0.6) is 0 Å². The van der Waals surface area contributed by atoms with Crippen molar-refractivity contribution in [3.05, 3.63) is 0 Å². The van der Waals surface area contributed by atoms with E-state index in [4.69, 9.17) is 36.3 Å². The molecule has 256 valence electrons. The van der Waals surface area contributed by atoms with Crippen LogP contribution >= 0.6 is 0 Å². The number of ether oxygens (including phenoxy) is 3. The van der Waals surface area contributed by atoms with E-state index < -0.39 is 54.2 Å². The lowest BCUT2D eigenvalue weighted by molar-refractivity contribution is -0.358. The summed E-state index contributed by atoms with van der Waals surface area (Å²) < 4.78 is 54.4. The van der Waals surface area contributed by atoms with Gasteiger partial charge in [-0.2, -0.15) is 0 Å². The Kier molecular flexibility index (Phi) is 13.8. The number of hydrogen-bond acceptors (Lipinski definition) is 8. The zero-order valence-corrected chi connectivity index (χ0v) is 36.0. The zero-order chi connectivity index (χ0) is 33.3. The first kappa shape index (κ1) is 39.9. The Labute approximate surface area is 270 Å². The minimum atomic E-state index is -2.01. The van der Waals surface area contributed by atoms with Crippen molar-refractivity contribution in [1.29, 1.82) is 0 Å². The standard InChI is InChI=1S/C30H68O8Si5/c1-19-23-27(37-42(13,14)15)26(36-41(10,11)12)22(3)29(32-23)34-30-28(38-43(16,17)18)25(35-40(7,8)9)21(2)24(33-30)20-31-39(4,5)6/h21-30H,19-20H2,1-18H3/t21-,22?,23?,24?,25+,26?,27-,28?,29-,30-/m1/s1. The van der Waals surface area contributed by atoms with Crippen LogP contribution in [0.25, 0.3) is 0 Å². The molecule has 2 aliphatic heterocycles. The van der Waals surface area contributed by atoms with Crippen molar-refractivity contribution in [2.75, 3.05) is 6.61 Å². The van der Waals surface area contributed by atoms with E-state index in [1.54, 1.807) is 0 Å². The monoisotopic (exact) mass is 696 g/mol. The lowest BCUT2D eigenvalue weighted by Gasteiger charge is -2.52. The maximum Gasteiger partial charge on any atom is 0.188 e. The minimum absolute atomic E-state index is 0.0700. The van der Waals surface area contributed by atoms with E-state index in [2.05, 4.69) is 119 Å². The summed E-state index contributed by atoms with van der Waals surface area (Å²) in [5.41, 5.74) is 0. The van der Waals surface area contributed by atoms with Crippen molar-refractivity contribution in [2.24, 2.45) is 11.8 Å².